The third-order valence-corrected chi connectivity index (χ3v) is 6.14. The fourth-order valence-corrected chi connectivity index (χ4v) is 4.64. The molecule has 7 nitrogen and oxygen atoms in total. The monoisotopic (exact) mass is 422 g/mol. The van der Waals surface area contributed by atoms with Crippen LogP contribution in [0.5, 0.6) is 0 Å². The van der Waals surface area contributed by atoms with E-state index >= 15 is 0 Å². The number of rotatable bonds is 7. The van der Waals surface area contributed by atoms with E-state index in [1.807, 2.05) is 12.1 Å². The van der Waals surface area contributed by atoms with Crippen molar-refractivity contribution < 1.29 is 23.9 Å². The van der Waals surface area contributed by atoms with E-state index in [0.717, 1.165) is 18.2 Å². The van der Waals surface area contributed by atoms with Gasteiger partial charge < -0.3 is 10.1 Å². The number of benzene rings is 2. The van der Waals surface area contributed by atoms with Crippen LogP contribution in [0.15, 0.2) is 36.4 Å². The van der Waals surface area contributed by atoms with E-state index in [-0.39, 0.29) is 43.3 Å². The molecule has 1 aliphatic heterocycles. The molecular weight excluding hydrogens is 396 g/mol. The van der Waals surface area contributed by atoms with Crippen molar-refractivity contribution in [3.05, 3.63) is 47.5 Å². The van der Waals surface area contributed by atoms with Crippen molar-refractivity contribution in [3.8, 4) is 0 Å². The molecule has 1 aliphatic carbocycles. The van der Waals surface area contributed by atoms with Crippen molar-refractivity contribution >= 4 is 34.5 Å². The standard InChI is InChI=1S/C24H26N2O5/c1-2-31-23(30)24(13-3-4-14-24)25-19(27)12-7-15-26-21(28)17-10-5-8-16-9-6-11-18(20(16)17)22(26)29/h5-6,8-11H,2-4,7,12-15H2,1H3,(H,25,27). The summed E-state index contributed by atoms with van der Waals surface area (Å²) in [7, 11) is 0. The molecule has 7 heteroatoms. The van der Waals surface area contributed by atoms with Gasteiger partial charge in [-0.05, 0) is 43.7 Å². The first kappa shape index (κ1) is 21.0. The zero-order valence-electron chi connectivity index (χ0n) is 17.6. The molecule has 0 atom stereocenters. The van der Waals surface area contributed by atoms with Crippen LogP contribution in [-0.2, 0) is 14.3 Å². The Kier molecular flexibility index (Phi) is 5.76. The Bertz CT molecular complexity index is 1000. The van der Waals surface area contributed by atoms with E-state index in [0.29, 0.717) is 35.8 Å². The van der Waals surface area contributed by atoms with Gasteiger partial charge in [-0.3, -0.25) is 19.3 Å². The Morgan fingerprint density at radius 2 is 1.65 bits per heavy atom. The van der Waals surface area contributed by atoms with E-state index in [1.165, 1.54) is 4.90 Å². The van der Waals surface area contributed by atoms with Gasteiger partial charge in [-0.15, -0.1) is 0 Å². The first-order valence-electron chi connectivity index (χ1n) is 10.8. The fraction of sp³-hybridized carbons (Fsp3) is 0.417. The molecule has 1 saturated carbocycles. The maximum Gasteiger partial charge on any atom is 0.331 e. The van der Waals surface area contributed by atoms with Gasteiger partial charge in [0.05, 0.1) is 6.61 Å². The lowest BCUT2D eigenvalue weighted by atomic mass is 9.94. The summed E-state index contributed by atoms with van der Waals surface area (Å²) in [6, 6.07) is 10.8. The predicted octanol–water partition coefficient (Wildman–Crippen LogP) is 3.21. The Morgan fingerprint density at radius 3 is 2.23 bits per heavy atom. The minimum absolute atomic E-state index is 0.115. The predicted molar refractivity (Wildman–Crippen MR) is 115 cm³/mol. The highest BCUT2D eigenvalue weighted by Crippen LogP contribution is 2.32. The molecule has 2 aromatic carbocycles. The van der Waals surface area contributed by atoms with Crippen molar-refractivity contribution in [2.24, 2.45) is 0 Å². The number of nitrogens with zero attached hydrogens (tertiary/aromatic N) is 1. The second kappa shape index (κ2) is 8.49. The number of carbonyl (C=O) groups is 4. The summed E-state index contributed by atoms with van der Waals surface area (Å²) in [5.41, 5.74) is 0.0621. The van der Waals surface area contributed by atoms with E-state index in [4.69, 9.17) is 4.74 Å². The number of hydrogen-bond acceptors (Lipinski definition) is 5. The number of ether oxygens (including phenoxy) is 1. The number of amides is 3. The van der Waals surface area contributed by atoms with Crippen LogP contribution >= 0.6 is 0 Å². The zero-order valence-corrected chi connectivity index (χ0v) is 17.6. The van der Waals surface area contributed by atoms with Crippen LogP contribution in [0.1, 0.15) is 66.2 Å². The van der Waals surface area contributed by atoms with Crippen molar-refractivity contribution in [1.82, 2.24) is 10.2 Å². The molecule has 0 aromatic heterocycles. The minimum Gasteiger partial charge on any atom is -0.464 e. The molecule has 0 bridgehead atoms. The quantitative estimate of drug-likeness (QED) is 0.546. The average Bonchev–Trinajstić information content (AvgIpc) is 3.24. The maximum absolute atomic E-state index is 12.9. The molecule has 0 saturated heterocycles. The van der Waals surface area contributed by atoms with Gasteiger partial charge >= 0.3 is 5.97 Å². The second-order valence-corrected chi connectivity index (χ2v) is 8.13. The topological polar surface area (TPSA) is 92.8 Å². The van der Waals surface area contributed by atoms with Crippen LogP contribution in [-0.4, -0.2) is 47.3 Å². The minimum atomic E-state index is -0.946. The van der Waals surface area contributed by atoms with Gasteiger partial charge in [-0.25, -0.2) is 4.79 Å². The van der Waals surface area contributed by atoms with Crippen LogP contribution in [0.3, 0.4) is 0 Å². The van der Waals surface area contributed by atoms with Gasteiger partial charge in [0.2, 0.25) is 5.91 Å². The third-order valence-electron chi connectivity index (χ3n) is 6.14. The van der Waals surface area contributed by atoms with E-state index < -0.39 is 5.54 Å². The molecule has 31 heavy (non-hydrogen) atoms. The van der Waals surface area contributed by atoms with Gasteiger partial charge in [0.15, 0.2) is 0 Å². The molecule has 162 valence electrons. The molecule has 2 aliphatic rings. The second-order valence-electron chi connectivity index (χ2n) is 8.13. The first-order valence-corrected chi connectivity index (χ1v) is 10.8. The first-order chi connectivity index (χ1) is 15.0. The van der Waals surface area contributed by atoms with Crippen LogP contribution in [0, 0.1) is 0 Å². The molecule has 1 heterocycles. The molecule has 4 rings (SSSR count). The fourth-order valence-electron chi connectivity index (χ4n) is 4.64. The summed E-state index contributed by atoms with van der Waals surface area (Å²) < 4.78 is 5.17. The highest BCUT2D eigenvalue weighted by molar-refractivity contribution is 6.25. The number of hydrogen-bond donors (Lipinski definition) is 1. The summed E-state index contributed by atoms with van der Waals surface area (Å²) in [6.45, 7) is 2.15. The maximum atomic E-state index is 12.9. The SMILES string of the molecule is CCOC(=O)C1(NC(=O)CCCN2C(=O)c3cccc4cccc(c34)C2=O)CCCC1. The average molecular weight is 422 g/mol. The van der Waals surface area contributed by atoms with Crippen molar-refractivity contribution in [2.45, 2.75) is 51.0 Å². The Balaban J connectivity index is 1.41. The van der Waals surface area contributed by atoms with Crippen molar-refractivity contribution in [1.29, 1.82) is 0 Å². The number of nitrogens with one attached hydrogen (secondary N) is 1. The Morgan fingerprint density at radius 1 is 1.03 bits per heavy atom. The Hall–Kier alpha value is -3.22. The van der Waals surface area contributed by atoms with E-state index in [9.17, 15) is 19.2 Å². The highest BCUT2D eigenvalue weighted by Gasteiger charge is 2.43. The highest BCUT2D eigenvalue weighted by atomic mass is 16.5. The van der Waals surface area contributed by atoms with Crippen LogP contribution < -0.4 is 5.32 Å². The molecule has 1 N–H and O–H groups in total. The van der Waals surface area contributed by atoms with Gasteiger partial charge in [-0.1, -0.05) is 37.1 Å². The number of esters is 1. The molecule has 2 aromatic rings. The molecule has 3 amide bonds. The zero-order chi connectivity index (χ0) is 22.0. The molecule has 0 radical (unpaired) electrons. The lowest BCUT2D eigenvalue weighted by Crippen LogP contribution is -2.53. The third kappa shape index (κ3) is 3.80. The van der Waals surface area contributed by atoms with Crippen LogP contribution in [0.25, 0.3) is 10.8 Å². The largest absolute Gasteiger partial charge is 0.464 e. The molecule has 0 unspecified atom stereocenters. The van der Waals surface area contributed by atoms with E-state index in [2.05, 4.69) is 5.32 Å². The lowest BCUT2D eigenvalue weighted by Gasteiger charge is -2.29. The summed E-state index contributed by atoms with van der Waals surface area (Å²) >= 11 is 0. The number of imide groups is 1. The summed E-state index contributed by atoms with van der Waals surface area (Å²) in [5, 5.41) is 4.41. The summed E-state index contributed by atoms with van der Waals surface area (Å²) in [5.74, 6) is -1.33. The molecule has 1 fully saturated rings. The van der Waals surface area contributed by atoms with E-state index in [1.54, 1.807) is 31.2 Å². The number of carbonyl (C=O) groups excluding carboxylic acids is 4. The van der Waals surface area contributed by atoms with Gasteiger partial charge in [0, 0.05) is 29.5 Å². The summed E-state index contributed by atoms with van der Waals surface area (Å²) in [6.07, 6.45) is 3.30. The van der Waals surface area contributed by atoms with Crippen LogP contribution in [0.2, 0.25) is 0 Å². The normalized spacial score (nSPS) is 17.1. The van der Waals surface area contributed by atoms with Crippen molar-refractivity contribution in [3.63, 3.8) is 0 Å². The van der Waals surface area contributed by atoms with Crippen LogP contribution in [0.4, 0.5) is 0 Å². The Labute approximate surface area is 180 Å². The molecule has 0 spiro atoms. The van der Waals surface area contributed by atoms with Gasteiger partial charge in [-0.2, -0.15) is 0 Å². The molecular formula is C24H26N2O5. The summed E-state index contributed by atoms with van der Waals surface area (Å²) in [4.78, 5) is 52.0. The lowest BCUT2D eigenvalue weighted by molar-refractivity contribution is -0.153. The smallest absolute Gasteiger partial charge is 0.331 e. The van der Waals surface area contributed by atoms with Gasteiger partial charge in [0.1, 0.15) is 5.54 Å². The van der Waals surface area contributed by atoms with Crippen molar-refractivity contribution in [2.75, 3.05) is 13.2 Å². The van der Waals surface area contributed by atoms with Gasteiger partial charge in [0.25, 0.3) is 11.8 Å².